The van der Waals surface area contributed by atoms with Gasteiger partial charge in [-0.1, -0.05) is 60.7 Å². The Morgan fingerprint density at radius 1 is 0.449 bits per heavy atom. The van der Waals surface area contributed by atoms with E-state index in [-0.39, 0.29) is 51.0 Å². The topological polar surface area (TPSA) is 494 Å². The van der Waals surface area contributed by atoms with Crippen molar-refractivity contribution in [1.82, 2.24) is 15.0 Å². The molecular weight excluding hydrogens is 1300 g/mol. The molecule has 7 heterocycles. The zero-order chi connectivity index (χ0) is 69.7. The van der Waals surface area contributed by atoms with Crippen molar-refractivity contribution in [2.24, 2.45) is 0 Å². The van der Waals surface area contributed by atoms with Gasteiger partial charge in [-0.15, -0.1) is 6.58 Å². The van der Waals surface area contributed by atoms with Crippen molar-refractivity contribution >= 4 is 57.2 Å². The average Bonchev–Trinajstić information content (AvgIpc) is 0.711. The fraction of sp³-hybridized carbons (Fsp3) is 0.318. The zero-order valence-electron chi connectivity index (χ0n) is 50.2. The van der Waals surface area contributed by atoms with Crippen LogP contribution in [0, 0.1) is 0 Å². The minimum Gasteiger partial charge on any atom is -0.479 e. The van der Waals surface area contributed by atoms with Gasteiger partial charge in [-0.2, -0.15) is 4.39 Å². The van der Waals surface area contributed by atoms with Gasteiger partial charge in [0.05, 0.1) is 0 Å². The van der Waals surface area contributed by atoms with Gasteiger partial charge in [0.1, 0.15) is 83.7 Å². The average molecular weight is 1360 g/mol. The van der Waals surface area contributed by atoms with E-state index in [4.69, 9.17) is 46.4 Å². The molecule has 0 radical (unpaired) electrons. The number of aromatic nitrogens is 3. The standard InChI is InChI=1S/C66H58FN3O28/c1-2-24-62(98-65(53(79)45(76)42(73)48(94-65)60(84)85)33-20-23-39-36(27-33)70-57(91-39)30-16-10-5-11-17-30)54(97-64(52(78)44(75)41(72)47(93-64)59(82)83)32-19-22-38-35(26-32)69-56(90-38)29-14-8-4-9-15-29)49(50(61(86)87)96-66(62,67)88)95-63(51(77)43(74)40(71)46(92-63)58(80)81)31-18-21-37-34(25-31)68-55(89-37)28-12-6-3-7-13-28/h2-23,25-27,40-54,71-79,88H,1,24H2,(H,80,81)(H,82,83)(H,84,85)(H,86,87)/t40-,41-,42-,43-,44-,45-,46-,47-,48-,49+,50-,51+,52+,53+,54-,62+,63?,64?,65?,66?/m0/s1. The second kappa shape index (κ2) is 25.2. The highest BCUT2D eigenvalue weighted by Gasteiger charge is 2.76. The number of carboxylic acids is 4. The van der Waals surface area contributed by atoms with Crippen molar-refractivity contribution in [2.45, 2.75) is 127 Å². The summed E-state index contributed by atoms with van der Waals surface area (Å²) < 4.78 is 81.6. The number of aliphatic hydroxyl groups is 10. The predicted molar refractivity (Wildman–Crippen MR) is 322 cm³/mol. The number of aliphatic hydroxyl groups excluding tert-OH is 9. The number of carbonyl (C=O) groups is 4. The molecule has 14 N–H and O–H groups in total. The van der Waals surface area contributed by atoms with Gasteiger partial charge in [0, 0.05) is 39.8 Å². The van der Waals surface area contributed by atoms with Gasteiger partial charge < -0.3 is 118 Å². The van der Waals surface area contributed by atoms with E-state index in [1.807, 2.05) is 0 Å². The monoisotopic (exact) mass is 1360 g/mol. The summed E-state index contributed by atoms with van der Waals surface area (Å²) in [4.78, 5) is 68.0. The summed E-state index contributed by atoms with van der Waals surface area (Å²) in [5.41, 5.74) is -6.11. The van der Waals surface area contributed by atoms with Gasteiger partial charge in [0.15, 0.2) is 46.8 Å². The molecule has 0 saturated carbocycles. The van der Waals surface area contributed by atoms with E-state index < -0.39 is 168 Å². The quantitative estimate of drug-likeness (QED) is 0.0545. The Labute approximate surface area is 548 Å². The summed E-state index contributed by atoms with van der Waals surface area (Å²) in [6, 6.07) is 28.6. The van der Waals surface area contributed by atoms with Crippen molar-refractivity contribution in [3.63, 3.8) is 0 Å². The summed E-state index contributed by atoms with van der Waals surface area (Å²) in [5, 5.41) is 165. The molecule has 0 aliphatic carbocycles. The first-order chi connectivity index (χ1) is 46.7. The number of hydrogen-bond acceptors (Lipinski definition) is 27. The molecular formula is C66H58FN3O28. The molecule has 31 nitrogen and oxygen atoms in total. The van der Waals surface area contributed by atoms with Gasteiger partial charge in [0.25, 0.3) is 0 Å². The van der Waals surface area contributed by atoms with Gasteiger partial charge in [-0.05, 0) is 91.0 Å². The molecule has 20 atom stereocenters. The Morgan fingerprint density at radius 2 is 0.776 bits per heavy atom. The van der Waals surface area contributed by atoms with Crippen molar-refractivity contribution in [2.75, 3.05) is 0 Å². The lowest BCUT2D eigenvalue weighted by Gasteiger charge is -2.60. The van der Waals surface area contributed by atoms with Crippen molar-refractivity contribution in [3.8, 4) is 34.4 Å². The van der Waals surface area contributed by atoms with E-state index in [1.165, 1.54) is 0 Å². The van der Waals surface area contributed by atoms with Crippen LogP contribution in [-0.4, -0.2) is 214 Å². The molecule has 3 aromatic heterocycles. The Hall–Kier alpha value is -9.40. The van der Waals surface area contributed by atoms with Crippen LogP contribution in [-0.2, 0) is 69.7 Å². The lowest BCUT2D eigenvalue weighted by atomic mass is 9.78. The van der Waals surface area contributed by atoms with Gasteiger partial charge in [-0.25, -0.2) is 34.1 Å². The minimum atomic E-state index is -5.07. The highest BCUT2D eigenvalue weighted by atomic mass is 19.2. The number of carboxylic acid groups (broad SMARTS) is 4. The number of oxazole rings is 3. The molecule has 98 heavy (non-hydrogen) atoms. The number of alkyl halides is 1. The molecule has 13 rings (SSSR count). The maximum atomic E-state index is 19.4. The van der Waals surface area contributed by atoms with E-state index in [2.05, 4.69) is 21.5 Å². The molecule has 6 aromatic carbocycles. The van der Waals surface area contributed by atoms with Crippen molar-refractivity contribution in [3.05, 3.63) is 175 Å². The predicted octanol–water partition coefficient (Wildman–Crippen LogP) is 1.87. The van der Waals surface area contributed by atoms with Gasteiger partial charge in [0.2, 0.25) is 35.0 Å². The fourth-order valence-electron chi connectivity index (χ4n) is 12.8. The zero-order valence-corrected chi connectivity index (χ0v) is 50.2. The van der Waals surface area contributed by atoms with Crippen molar-refractivity contribution < 1.29 is 141 Å². The van der Waals surface area contributed by atoms with E-state index in [0.29, 0.717) is 22.8 Å². The first kappa shape index (κ1) is 67.2. The van der Waals surface area contributed by atoms with Crippen LogP contribution in [0.25, 0.3) is 67.7 Å². The number of fused-ring (bicyclic) bond motifs is 3. The summed E-state index contributed by atoms with van der Waals surface area (Å²) >= 11 is 0. The third-order valence-corrected chi connectivity index (χ3v) is 17.7. The summed E-state index contributed by atoms with van der Waals surface area (Å²) in [7, 11) is 0. The van der Waals surface area contributed by atoms with Crippen LogP contribution in [0.3, 0.4) is 0 Å². The van der Waals surface area contributed by atoms with Crippen LogP contribution in [0.1, 0.15) is 23.1 Å². The highest BCUT2D eigenvalue weighted by Crippen LogP contribution is 2.57. The number of hydrogen-bond donors (Lipinski definition) is 14. The van der Waals surface area contributed by atoms with Gasteiger partial charge in [-0.3, -0.25) is 0 Å². The Morgan fingerprint density at radius 3 is 1.12 bits per heavy atom. The molecule has 4 saturated heterocycles. The highest BCUT2D eigenvalue weighted by molar-refractivity contribution is 5.81. The van der Waals surface area contributed by atoms with Crippen LogP contribution < -0.4 is 0 Å². The minimum absolute atomic E-state index is 0.0579. The third-order valence-electron chi connectivity index (χ3n) is 17.7. The van der Waals surface area contributed by atoms with Gasteiger partial charge >= 0.3 is 29.9 Å². The maximum absolute atomic E-state index is 19.4. The number of halogens is 1. The normalized spacial score (nSPS) is 34.3. The van der Waals surface area contributed by atoms with Crippen LogP contribution >= 0.6 is 0 Å². The van der Waals surface area contributed by atoms with Crippen molar-refractivity contribution in [1.29, 1.82) is 0 Å². The van der Waals surface area contributed by atoms with Crippen LogP contribution in [0.5, 0.6) is 0 Å². The number of aliphatic carboxylic acids is 4. The first-order valence-corrected chi connectivity index (χ1v) is 29.9. The fourth-order valence-corrected chi connectivity index (χ4v) is 12.8. The van der Waals surface area contributed by atoms with E-state index >= 15 is 4.39 Å². The second-order valence-electron chi connectivity index (χ2n) is 23.7. The van der Waals surface area contributed by atoms with E-state index in [0.717, 1.165) is 54.6 Å². The van der Waals surface area contributed by atoms with Crippen LogP contribution in [0.15, 0.2) is 171 Å². The summed E-state index contributed by atoms with van der Waals surface area (Å²) in [6.07, 6.45) is -44.6. The number of benzene rings is 6. The molecule has 0 amide bonds. The summed E-state index contributed by atoms with van der Waals surface area (Å²) in [6.45, 7) is 3.68. The van der Waals surface area contributed by atoms with Crippen LogP contribution in [0.2, 0.25) is 0 Å². The van der Waals surface area contributed by atoms with E-state index in [1.54, 1.807) is 91.0 Å². The lowest BCUT2D eigenvalue weighted by molar-refractivity contribution is -0.518. The lowest BCUT2D eigenvalue weighted by Crippen LogP contribution is -2.79. The molecule has 4 unspecified atom stereocenters. The number of nitrogens with zero attached hydrogens (tertiary/aromatic N) is 3. The van der Waals surface area contributed by atoms with Crippen LogP contribution in [0.4, 0.5) is 4.39 Å². The largest absolute Gasteiger partial charge is 0.479 e. The SMILES string of the molecule is C=CC[C@@]1(OC2(c3ccc4oc(-c5ccccc5)nc4c3)O[C@H](C(=O)O)[C@@H](O)[C@H](O)[C@H]2O)[C@@H](OC2(c3ccc4oc(-c5ccccc5)nc4c3)O[C@H](C(=O)O)[C@@H](O)[C@H](O)[C@H]2O)[C@H](OC2(c3ccc4oc(-c5ccccc5)nc4c3)O[C@H](C(=O)O)[C@@H](O)[C@H](O)[C@H]2O)[C@@H](C(=O)O)OC1(O)F. The molecule has 0 bridgehead atoms. The molecule has 512 valence electrons. The molecule has 9 aromatic rings. The second-order valence-corrected chi connectivity index (χ2v) is 23.7. The first-order valence-electron chi connectivity index (χ1n) is 29.9. The molecule has 0 spiro atoms. The third kappa shape index (κ3) is 11.0. The smallest absolute Gasteiger partial charge is 0.351 e. The summed E-state index contributed by atoms with van der Waals surface area (Å²) in [5.74, 6) is -20.1. The molecule has 4 fully saturated rings. The Bertz CT molecular complexity index is 4520. The number of ether oxygens (including phenoxy) is 7. The molecule has 4 aliphatic heterocycles. The van der Waals surface area contributed by atoms with E-state index in [9.17, 15) is 90.7 Å². The molecule has 32 heteroatoms. The molecule has 4 aliphatic rings. The number of rotatable bonds is 18. The Kier molecular flexibility index (Phi) is 17.2. The Balaban J connectivity index is 1.11. The maximum Gasteiger partial charge on any atom is 0.351 e.